The summed E-state index contributed by atoms with van der Waals surface area (Å²) in [4.78, 5) is 23.7. The molecule has 3 aromatic rings. The van der Waals surface area contributed by atoms with Crippen LogP contribution in [0.4, 0.5) is 13.2 Å². The van der Waals surface area contributed by atoms with Crippen LogP contribution in [-0.2, 0) is 0 Å². The molecule has 2 aromatic carbocycles. The predicted molar refractivity (Wildman–Crippen MR) is 81.1 cm³/mol. The summed E-state index contributed by atoms with van der Waals surface area (Å²) >= 11 is 0. The summed E-state index contributed by atoms with van der Waals surface area (Å²) in [7, 11) is 0. The third-order valence-electron chi connectivity index (χ3n) is 3.77. The number of pyridine rings is 1. The normalized spacial score (nSPS) is 11.0. The predicted octanol–water partition coefficient (Wildman–Crippen LogP) is 3.41. The van der Waals surface area contributed by atoms with Gasteiger partial charge in [0.05, 0.1) is 16.6 Å². The van der Waals surface area contributed by atoms with Crippen LogP contribution >= 0.6 is 0 Å². The van der Waals surface area contributed by atoms with Crippen LogP contribution in [-0.4, -0.2) is 15.6 Å². The number of aryl methyl sites for hydroxylation is 1. The van der Waals surface area contributed by atoms with E-state index in [0.717, 1.165) is 29.0 Å². The molecule has 0 spiro atoms. The van der Waals surface area contributed by atoms with E-state index in [1.807, 2.05) is 0 Å². The van der Waals surface area contributed by atoms with Gasteiger partial charge in [-0.2, -0.15) is 0 Å². The number of benzene rings is 2. The average molecular weight is 333 g/mol. The molecule has 0 aliphatic carbocycles. The Labute approximate surface area is 133 Å². The molecule has 1 N–H and O–H groups in total. The number of rotatable bonds is 2. The van der Waals surface area contributed by atoms with Crippen LogP contribution in [0, 0.1) is 24.4 Å². The van der Waals surface area contributed by atoms with Crippen LogP contribution in [0.2, 0.25) is 0 Å². The number of carboxylic acids is 1. The van der Waals surface area contributed by atoms with Crippen LogP contribution in [0.25, 0.3) is 16.6 Å². The highest BCUT2D eigenvalue weighted by molar-refractivity contribution is 5.94. The van der Waals surface area contributed by atoms with Gasteiger partial charge in [-0.05, 0) is 36.8 Å². The van der Waals surface area contributed by atoms with E-state index in [9.17, 15) is 27.9 Å². The molecular weight excluding hydrogens is 323 g/mol. The second-order valence-corrected chi connectivity index (χ2v) is 5.21. The van der Waals surface area contributed by atoms with Crippen LogP contribution in [0.1, 0.15) is 15.9 Å². The first-order valence-corrected chi connectivity index (χ1v) is 6.84. The Balaban J connectivity index is 2.53. The smallest absolute Gasteiger partial charge is 0.341 e. The van der Waals surface area contributed by atoms with E-state index in [-0.39, 0.29) is 22.2 Å². The zero-order valence-corrected chi connectivity index (χ0v) is 12.3. The number of aromatic nitrogens is 1. The van der Waals surface area contributed by atoms with E-state index in [2.05, 4.69) is 0 Å². The van der Waals surface area contributed by atoms with Crippen LogP contribution < -0.4 is 5.43 Å². The molecule has 1 heterocycles. The zero-order chi connectivity index (χ0) is 17.6. The number of carboxylic acid groups (broad SMARTS) is 1. The van der Waals surface area contributed by atoms with Gasteiger partial charge in [-0.3, -0.25) is 4.79 Å². The van der Waals surface area contributed by atoms with Crippen molar-refractivity contribution < 1.29 is 23.1 Å². The van der Waals surface area contributed by atoms with Gasteiger partial charge < -0.3 is 9.67 Å². The molecule has 7 heteroatoms. The largest absolute Gasteiger partial charge is 0.477 e. The fourth-order valence-electron chi connectivity index (χ4n) is 2.58. The summed E-state index contributed by atoms with van der Waals surface area (Å²) in [6.45, 7) is 1.33. The number of fused-ring (bicyclic) bond motifs is 1. The molecule has 0 amide bonds. The summed E-state index contributed by atoms with van der Waals surface area (Å²) in [5.74, 6) is -3.96. The lowest BCUT2D eigenvalue weighted by Crippen LogP contribution is -2.20. The van der Waals surface area contributed by atoms with E-state index in [4.69, 9.17) is 0 Å². The number of carbonyl (C=O) groups is 1. The summed E-state index contributed by atoms with van der Waals surface area (Å²) < 4.78 is 42.1. The molecule has 0 aliphatic rings. The van der Waals surface area contributed by atoms with Gasteiger partial charge in [0.2, 0.25) is 5.43 Å². The molecule has 0 aliphatic heterocycles. The van der Waals surface area contributed by atoms with E-state index in [1.54, 1.807) is 0 Å². The third kappa shape index (κ3) is 2.34. The quantitative estimate of drug-likeness (QED) is 0.782. The number of hydrogen-bond acceptors (Lipinski definition) is 2. The van der Waals surface area contributed by atoms with Crippen molar-refractivity contribution in [3.8, 4) is 5.69 Å². The number of hydrogen-bond donors (Lipinski definition) is 1. The van der Waals surface area contributed by atoms with Gasteiger partial charge in [0.25, 0.3) is 0 Å². The summed E-state index contributed by atoms with van der Waals surface area (Å²) in [6, 6.07) is 5.08. The van der Waals surface area contributed by atoms with Gasteiger partial charge in [-0.1, -0.05) is 0 Å². The maximum atomic E-state index is 14.1. The molecule has 0 atom stereocenters. The Morgan fingerprint density at radius 3 is 2.42 bits per heavy atom. The molecule has 122 valence electrons. The van der Waals surface area contributed by atoms with Crippen molar-refractivity contribution in [3.05, 3.63) is 75.3 Å². The van der Waals surface area contributed by atoms with E-state index >= 15 is 0 Å². The molecule has 0 unspecified atom stereocenters. The fraction of sp³-hybridized carbons (Fsp3) is 0.0588. The zero-order valence-electron chi connectivity index (χ0n) is 12.3. The molecule has 0 saturated heterocycles. The molecule has 4 nitrogen and oxygen atoms in total. The Bertz CT molecular complexity index is 1060. The van der Waals surface area contributed by atoms with Crippen LogP contribution in [0.3, 0.4) is 0 Å². The minimum absolute atomic E-state index is 0.0446. The number of nitrogens with zero attached hydrogens (tertiary/aromatic N) is 1. The minimum atomic E-state index is -1.53. The van der Waals surface area contributed by atoms with Crippen molar-refractivity contribution in [2.24, 2.45) is 0 Å². The Morgan fingerprint density at radius 1 is 1.08 bits per heavy atom. The maximum Gasteiger partial charge on any atom is 0.341 e. The highest BCUT2D eigenvalue weighted by atomic mass is 19.1. The van der Waals surface area contributed by atoms with E-state index in [0.29, 0.717) is 6.07 Å². The van der Waals surface area contributed by atoms with E-state index in [1.165, 1.54) is 13.0 Å². The lowest BCUT2D eigenvalue weighted by Gasteiger charge is -2.14. The van der Waals surface area contributed by atoms with E-state index < -0.39 is 34.4 Å². The number of halogens is 3. The van der Waals surface area contributed by atoms with Gasteiger partial charge in [-0.25, -0.2) is 18.0 Å². The average Bonchev–Trinajstić information content (AvgIpc) is 2.51. The van der Waals surface area contributed by atoms with Gasteiger partial charge in [0.15, 0.2) is 0 Å². The molecule has 1 aromatic heterocycles. The molecule has 0 fully saturated rings. The van der Waals surface area contributed by atoms with Crippen LogP contribution in [0.15, 0.2) is 41.3 Å². The van der Waals surface area contributed by atoms with Crippen molar-refractivity contribution in [3.63, 3.8) is 0 Å². The molecule has 0 radical (unpaired) electrons. The highest BCUT2D eigenvalue weighted by Crippen LogP contribution is 2.24. The monoisotopic (exact) mass is 333 g/mol. The maximum absolute atomic E-state index is 14.1. The first-order chi connectivity index (χ1) is 11.3. The first kappa shape index (κ1) is 15.8. The fourth-order valence-corrected chi connectivity index (χ4v) is 2.58. The van der Waals surface area contributed by atoms with Gasteiger partial charge in [0, 0.05) is 12.3 Å². The van der Waals surface area contributed by atoms with Crippen molar-refractivity contribution in [2.45, 2.75) is 6.92 Å². The topological polar surface area (TPSA) is 59.3 Å². The summed E-state index contributed by atoms with van der Waals surface area (Å²) in [5.41, 5.74) is -1.59. The van der Waals surface area contributed by atoms with Crippen LogP contribution in [0.5, 0.6) is 0 Å². The Hall–Kier alpha value is -3.09. The van der Waals surface area contributed by atoms with Crippen molar-refractivity contribution >= 4 is 16.9 Å². The number of aromatic carboxylic acids is 1. The molecule has 3 rings (SSSR count). The lowest BCUT2D eigenvalue weighted by molar-refractivity contribution is 0.0695. The third-order valence-corrected chi connectivity index (χ3v) is 3.77. The Kier molecular flexibility index (Phi) is 3.63. The first-order valence-electron chi connectivity index (χ1n) is 6.84. The summed E-state index contributed by atoms with van der Waals surface area (Å²) in [6.07, 6.45) is 0.945. The van der Waals surface area contributed by atoms with Crippen molar-refractivity contribution in [1.29, 1.82) is 0 Å². The highest BCUT2D eigenvalue weighted by Gasteiger charge is 2.19. The van der Waals surface area contributed by atoms with Crippen molar-refractivity contribution in [2.75, 3.05) is 0 Å². The SMILES string of the molecule is Cc1c(F)ccc2c1c(=O)c(C(=O)O)cn2-c1ccc(F)cc1F. The standard InChI is InChI=1S/C17H10F3NO3/c1-8-11(19)3-5-14-15(8)16(22)10(17(23)24)7-21(14)13-4-2-9(18)6-12(13)20/h2-7H,1H3,(H,23,24). The molecule has 0 bridgehead atoms. The Morgan fingerprint density at radius 2 is 1.79 bits per heavy atom. The molecular formula is C17H10F3NO3. The van der Waals surface area contributed by atoms with Gasteiger partial charge >= 0.3 is 5.97 Å². The van der Waals surface area contributed by atoms with Gasteiger partial charge in [-0.15, -0.1) is 0 Å². The second kappa shape index (κ2) is 5.52. The second-order valence-electron chi connectivity index (χ2n) is 5.21. The molecule has 24 heavy (non-hydrogen) atoms. The summed E-state index contributed by atoms with van der Waals surface area (Å²) in [5, 5.41) is 9.04. The molecule has 0 saturated carbocycles. The van der Waals surface area contributed by atoms with Crippen molar-refractivity contribution in [1.82, 2.24) is 4.57 Å². The van der Waals surface area contributed by atoms with Gasteiger partial charge in [0.1, 0.15) is 23.0 Å². The minimum Gasteiger partial charge on any atom is -0.477 e. The lowest BCUT2D eigenvalue weighted by atomic mass is 10.1.